The third-order valence-corrected chi connectivity index (χ3v) is 10.6. The van der Waals surface area contributed by atoms with Crippen molar-refractivity contribution in [3.63, 3.8) is 0 Å². The molecule has 0 aliphatic rings. The van der Waals surface area contributed by atoms with Crippen molar-refractivity contribution in [2.75, 3.05) is 13.2 Å². The molecule has 402 valence electrons. The third-order valence-electron chi connectivity index (χ3n) is 10.6. The van der Waals surface area contributed by atoms with E-state index < -0.39 is 12.1 Å². The molecule has 0 radical (unpaired) electrons. The van der Waals surface area contributed by atoms with Crippen LogP contribution < -0.4 is 0 Å². The molecule has 0 amide bonds. The van der Waals surface area contributed by atoms with Gasteiger partial charge in [0.05, 0.1) is 0 Å². The number of allylic oxidation sites excluding steroid dienone is 32. The number of carbonyl (C=O) groups is 3. The fourth-order valence-electron chi connectivity index (χ4n) is 6.51. The first-order chi connectivity index (χ1) is 36.0. The molecule has 1 atom stereocenters. The zero-order valence-corrected chi connectivity index (χ0v) is 45.8. The summed E-state index contributed by atoms with van der Waals surface area (Å²) in [5.41, 5.74) is 0. The topological polar surface area (TPSA) is 78.9 Å². The number of carbonyl (C=O) groups excluding carboxylic acids is 3. The molecule has 6 heteroatoms. The molecule has 6 nitrogen and oxygen atoms in total. The van der Waals surface area contributed by atoms with Crippen LogP contribution in [-0.2, 0) is 28.6 Å². The van der Waals surface area contributed by atoms with Crippen LogP contribution in [0.5, 0.6) is 0 Å². The number of unbranched alkanes of at least 4 members (excludes halogenated alkanes) is 4. The van der Waals surface area contributed by atoms with Gasteiger partial charge in [0.1, 0.15) is 13.2 Å². The van der Waals surface area contributed by atoms with E-state index in [1.807, 2.05) is 0 Å². The molecule has 0 spiro atoms. The molecule has 1 unspecified atom stereocenters. The largest absolute Gasteiger partial charge is 0.462 e. The van der Waals surface area contributed by atoms with E-state index in [0.29, 0.717) is 19.3 Å². The Hall–Kier alpha value is -5.75. The minimum atomic E-state index is -0.861. The van der Waals surface area contributed by atoms with Gasteiger partial charge in [0.2, 0.25) is 0 Å². The van der Waals surface area contributed by atoms with Gasteiger partial charge in [-0.05, 0) is 148 Å². The minimum Gasteiger partial charge on any atom is -0.462 e. The van der Waals surface area contributed by atoms with Crippen LogP contribution in [0.15, 0.2) is 194 Å². The Balaban J connectivity index is 4.66. The highest BCUT2D eigenvalue weighted by Gasteiger charge is 2.19. The van der Waals surface area contributed by atoms with Crippen LogP contribution in [0.25, 0.3) is 0 Å². The van der Waals surface area contributed by atoms with Gasteiger partial charge in [-0.2, -0.15) is 0 Å². The van der Waals surface area contributed by atoms with Crippen LogP contribution >= 0.6 is 0 Å². The van der Waals surface area contributed by atoms with E-state index in [4.69, 9.17) is 14.2 Å². The number of ether oxygens (including phenoxy) is 3. The lowest BCUT2D eigenvalue weighted by Crippen LogP contribution is -2.30. The summed E-state index contributed by atoms with van der Waals surface area (Å²) in [6, 6.07) is 0. The smallest absolute Gasteiger partial charge is 0.306 e. The van der Waals surface area contributed by atoms with Gasteiger partial charge in [-0.1, -0.05) is 215 Å². The number of hydrogen-bond donors (Lipinski definition) is 0. The van der Waals surface area contributed by atoms with Crippen LogP contribution in [0, 0.1) is 0 Å². The Labute approximate surface area is 446 Å². The van der Waals surface area contributed by atoms with E-state index in [1.54, 1.807) is 0 Å². The van der Waals surface area contributed by atoms with Gasteiger partial charge in [0, 0.05) is 19.3 Å². The molecule has 0 aromatic rings. The van der Waals surface area contributed by atoms with Gasteiger partial charge in [0.15, 0.2) is 6.10 Å². The van der Waals surface area contributed by atoms with E-state index in [9.17, 15) is 14.4 Å². The first-order valence-corrected chi connectivity index (χ1v) is 27.9. The maximum absolute atomic E-state index is 12.8. The Kier molecular flexibility index (Phi) is 54.2. The summed E-state index contributed by atoms with van der Waals surface area (Å²) in [5.74, 6) is -1.13. The van der Waals surface area contributed by atoms with Gasteiger partial charge in [0.25, 0.3) is 0 Å². The third kappa shape index (κ3) is 57.0. The quantitative estimate of drug-likeness (QED) is 0.0262. The van der Waals surface area contributed by atoms with Crippen molar-refractivity contribution < 1.29 is 28.6 Å². The van der Waals surface area contributed by atoms with E-state index in [2.05, 4.69) is 215 Å². The molecule has 0 fully saturated rings. The average molecular weight is 1000 g/mol. The summed E-state index contributed by atoms with van der Waals surface area (Å²) in [5, 5.41) is 0. The number of rotatable bonds is 47. The van der Waals surface area contributed by atoms with E-state index in [1.165, 1.54) is 0 Å². The van der Waals surface area contributed by atoms with Gasteiger partial charge in [-0.3, -0.25) is 14.4 Å². The molecule has 0 saturated carbocycles. The van der Waals surface area contributed by atoms with Crippen molar-refractivity contribution in [2.24, 2.45) is 0 Å². The van der Waals surface area contributed by atoms with Crippen LogP contribution in [0.1, 0.15) is 188 Å². The lowest BCUT2D eigenvalue weighted by atomic mass is 10.2. The highest BCUT2D eigenvalue weighted by Crippen LogP contribution is 2.09. The standard InChI is InChI=1S/C67H98O6/c1-4-7-10-13-16-19-22-25-28-30-31-32-33-34-35-37-39-42-45-48-51-54-57-60-66(69)72-63-64(62-71-65(68)59-56-53-50-47-44-41-38-27-24-21-18-15-12-9-6-3)73-67(70)61-58-55-52-49-46-43-40-36-29-26-23-20-17-14-11-8-5-2/h7-12,16-21,25-29,31-32,34-35,38-40,42-44,47-49,51-52,64H,4-6,13-15,22-24,30,33,36-37,41,45-46,50,53-63H2,1-3H3/b10-7-,11-8-,12-9-,19-16-,20-17-,21-18-,28-25-,29-26-,32-31-,35-34-,38-27-,42-39-,43-40-,47-44-,51-48-,52-49-. The lowest BCUT2D eigenvalue weighted by Gasteiger charge is -2.18. The Morgan fingerprint density at radius 2 is 0.493 bits per heavy atom. The summed E-state index contributed by atoms with van der Waals surface area (Å²) >= 11 is 0. The maximum Gasteiger partial charge on any atom is 0.306 e. The first kappa shape index (κ1) is 67.2. The van der Waals surface area contributed by atoms with Gasteiger partial charge in [-0.25, -0.2) is 0 Å². The fourth-order valence-corrected chi connectivity index (χ4v) is 6.51. The molecular weight excluding hydrogens is 901 g/mol. The van der Waals surface area contributed by atoms with Crippen molar-refractivity contribution in [2.45, 2.75) is 194 Å². The number of hydrogen-bond acceptors (Lipinski definition) is 6. The van der Waals surface area contributed by atoms with Crippen molar-refractivity contribution in [1.29, 1.82) is 0 Å². The molecule has 0 rings (SSSR count). The van der Waals surface area contributed by atoms with Crippen molar-refractivity contribution in [3.05, 3.63) is 194 Å². The van der Waals surface area contributed by atoms with E-state index in [-0.39, 0.29) is 44.4 Å². The zero-order valence-electron chi connectivity index (χ0n) is 45.8. The molecule has 0 N–H and O–H groups in total. The molecule has 0 bridgehead atoms. The summed E-state index contributed by atoms with van der Waals surface area (Å²) in [4.78, 5) is 38.1. The molecule has 0 aromatic carbocycles. The maximum atomic E-state index is 12.8. The van der Waals surface area contributed by atoms with Gasteiger partial charge >= 0.3 is 17.9 Å². The zero-order chi connectivity index (χ0) is 52.9. The second kappa shape index (κ2) is 58.8. The highest BCUT2D eigenvalue weighted by molar-refractivity contribution is 5.71. The van der Waals surface area contributed by atoms with Crippen LogP contribution in [-0.4, -0.2) is 37.2 Å². The fraction of sp³-hybridized carbons (Fsp3) is 0.478. The highest BCUT2D eigenvalue weighted by atomic mass is 16.6. The van der Waals surface area contributed by atoms with E-state index >= 15 is 0 Å². The number of esters is 3. The molecule has 73 heavy (non-hydrogen) atoms. The molecule has 0 saturated heterocycles. The SMILES string of the molecule is CC/C=C\C/C=C\C/C=C\C/C=C\C/C=C\C/C=C\C/C=C\CCCC(=O)OCC(COC(=O)CCCC/C=C\C/C=C\C/C=C\C/C=C\CC)OC(=O)CCC/C=C\C/C=C\C/C=C\C/C=C\C/C=C\CC. The van der Waals surface area contributed by atoms with Gasteiger partial charge in [-0.15, -0.1) is 0 Å². The summed E-state index contributed by atoms with van der Waals surface area (Å²) in [6.07, 6.45) is 90.0. The van der Waals surface area contributed by atoms with Crippen LogP contribution in [0.3, 0.4) is 0 Å². The predicted octanol–water partition coefficient (Wildman–Crippen LogP) is 19.1. The molecular formula is C67H98O6. The Morgan fingerprint density at radius 1 is 0.274 bits per heavy atom. The monoisotopic (exact) mass is 999 g/mol. The summed E-state index contributed by atoms with van der Waals surface area (Å²) in [6.45, 7) is 6.13. The normalized spacial score (nSPS) is 13.6. The molecule has 0 aliphatic carbocycles. The van der Waals surface area contributed by atoms with Crippen molar-refractivity contribution in [1.82, 2.24) is 0 Å². The predicted molar refractivity (Wildman–Crippen MR) is 315 cm³/mol. The van der Waals surface area contributed by atoms with E-state index in [0.717, 1.165) is 128 Å². The lowest BCUT2D eigenvalue weighted by molar-refractivity contribution is -0.167. The second-order valence-electron chi connectivity index (χ2n) is 17.3. The van der Waals surface area contributed by atoms with Crippen molar-refractivity contribution in [3.8, 4) is 0 Å². The second-order valence-corrected chi connectivity index (χ2v) is 17.3. The minimum absolute atomic E-state index is 0.152. The van der Waals surface area contributed by atoms with Crippen LogP contribution in [0.2, 0.25) is 0 Å². The first-order valence-electron chi connectivity index (χ1n) is 27.9. The summed E-state index contributed by atoms with van der Waals surface area (Å²) in [7, 11) is 0. The molecule has 0 aliphatic heterocycles. The Bertz CT molecular complexity index is 1810. The Morgan fingerprint density at radius 3 is 0.767 bits per heavy atom. The molecule has 0 heterocycles. The summed E-state index contributed by atoms with van der Waals surface area (Å²) < 4.78 is 16.7. The van der Waals surface area contributed by atoms with Crippen LogP contribution in [0.4, 0.5) is 0 Å². The van der Waals surface area contributed by atoms with Crippen molar-refractivity contribution >= 4 is 17.9 Å². The molecule has 0 aromatic heterocycles. The average Bonchev–Trinajstić information content (AvgIpc) is 3.39. The van der Waals surface area contributed by atoms with Gasteiger partial charge < -0.3 is 14.2 Å².